The summed E-state index contributed by atoms with van der Waals surface area (Å²) in [5.74, 6) is 1.62. The van der Waals surface area contributed by atoms with Crippen LogP contribution in [0.4, 0.5) is 5.82 Å². The highest BCUT2D eigenvalue weighted by Crippen LogP contribution is 2.27. The van der Waals surface area contributed by atoms with Gasteiger partial charge in [0.1, 0.15) is 18.5 Å². The van der Waals surface area contributed by atoms with Gasteiger partial charge in [0.2, 0.25) is 5.91 Å². The molecule has 8 nitrogen and oxygen atoms in total. The number of anilines is 1. The maximum atomic E-state index is 12.9. The van der Waals surface area contributed by atoms with Crippen molar-refractivity contribution < 1.29 is 19.1 Å². The number of piperidine rings is 1. The van der Waals surface area contributed by atoms with Crippen molar-refractivity contribution in [3.8, 4) is 0 Å². The van der Waals surface area contributed by atoms with Gasteiger partial charge in [-0.3, -0.25) is 14.5 Å². The monoisotopic (exact) mass is 444 g/mol. The van der Waals surface area contributed by atoms with Crippen LogP contribution >= 0.6 is 0 Å². The van der Waals surface area contributed by atoms with E-state index in [0.717, 1.165) is 56.8 Å². The van der Waals surface area contributed by atoms with Crippen molar-refractivity contribution in [2.24, 2.45) is 11.8 Å². The van der Waals surface area contributed by atoms with Gasteiger partial charge in [0.15, 0.2) is 0 Å². The molecule has 0 bridgehead atoms. The van der Waals surface area contributed by atoms with E-state index in [2.05, 4.69) is 17.4 Å². The number of hydrogen-bond acceptors (Lipinski definition) is 7. The fourth-order valence-electron chi connectivity index (χ4n) is 4.87. The van der Waals surface area contributed by atoms with E-state index in [0.29, 0.717) is 25.6 Å². The van der Waals surface area contributed by atoms with Gasteiger partial charge in [-0.2, -0.15) is 0 Å². The van der Waals surface area contributed by atoms with Crippen LogP contribution in [0.15, 0.2) is 12.1 Å². The molecule has 2 fully saturated rings. The molecule has 1 amide bonds. The Balaban J connectivity index is 1.18. The summed E-state index contributed by atoms with van der Waals surface area (Å²) in [5, 5.41) is 3.42. The molecule has 32 heavy (non-hydrogen) atoms. The number of esters is 1. The van der Waals surface area contributed by atoms with Crippen LogP contribution < -0.4 is 5.32 Å². The zero-order chi connectivity index (χ0) is 22.5. The quantitative estimate of drug-likeness (QED) is 0.483. The SMILES string of the molecule is COCCOC(=O)C(C)N1CC(C(=O)N2CCC(Cc3ccc4c(n3)NCCC4)CC2)C1. The summed E-state index contributed by atoms with van der Waals surface area (Å²) in [4.78, 5) is 33.8. The molecule has 4 heterocycles. The molecular weight excluding hydrogens is 408 g/mol. The lowest BCUT2D eigenvalue weighted by molar-refractivity contribution is -0.157. The Labute approximate surface area is 190 Å². The predicted molar refractivity (Wildman–Crippen MR) is 121 cm³/mol. The number of nitrogens with zero attached hydrogens (tertiary/aromatic N) is 3. The maximum absolute atomic E-state index is 12.9. The van der Waals surface area contributed by atoms with E-state index in [1.807, 2.05) is 16.7 Å². The largest absolute Gasteiger partial charge is 0.462 e. The lowest BCUT2D eigenvalue weighted by atomic mass is 9.89. The van der Waals surface area contributed by atoms with Crippen molar-refractivity contribution in [3.63, 3.8) is 0 Å². The molecule has 1 aromatic heterocycles. The number of carbonyl (C=O) groups excluding carboxylic acids is 2. The number of nitrogens with one attached hydrogen (secondary N) is 1. The third kappa shape index (κ3) is 5.41. The van der Waals surface area contributed by atoms with Crippen LogP contribution in [0.25, 0.3) is 0 Å². The Morgan fingerprint density at radius 1 is 1.22 bits per heavy atom. The van der Waals surface area contributed by atoms with Crippen molar-refractivity contribution in [3.05, 3.63) is 23.4 Å². The van der Waals surface area contributed by atoms with E-state index >= 15 is 0 Å². The van der Waals surface area contributed by atoms with Crippen molar-refractivity contribution in [2.45, 2.75) is 45.1 Å². The maximum Gasteiger partial charge on any atom is 0.323 e. The number of pyridine rings is 1. The first-order valence-corrected chi connectivity index (χ1v) is 12.0. The number of aryl methyl sites for hydroxylation is 1. The first kappa shape index (κ1) is 23.0. The van der Waals surface area contributed by atoms with Gasteiger partial charge < -0.3 is 19.7 Å². The molecule has 0 aliphatic carbocycles. The number of fused-ring (bicyclic) bond motifs is 1. The highest BCUT2D eigenvalue weighted by Gasteiger charge is 2.40. The average Bonchev–Trinajstić information content (AvgIpc) is 2.78. The van der Waals surface area contributed by atoms with E-state index < -0.39 is 0 Å². The summed E-state index contributed by atoms with van der Waals surface area (Å²) in [6.07, 6.45) is 5.32. The Bertz CT molecular complexity index is 803. The van der Waals surface area contributed by atoms with Crippen LogP contribution in [0.5, 0.6) is 0 Å². The Kier molecular flexibility index (Phi) is 7.63. The zero-order valence-corrected chi connectivity index (χ0v) is 19.3. The zero-order valence-electron chi connectivity index (χ0n) is 19.3. The van der Waals surface area contributed by atoms with Gasteiger partial charge in [0, 0.05) is 45.5 Å². The highest BCUT2D eigenvalue weighted by molar-refractivity contribution is 5.81. The first-order valence-electron chi connectivity index (χ1n) is 12.0. The van der Waals surface area contributed by atoms with Crippen LogP contribution in [0.1, 0.15) is 37.4 Å². The van der Waals surface area contributed by atoms with Gasteiger partial charge in [-0.05, 0) is 56.6 Å². The molecule has 3 aliphatic heterocycles. The van der Waals surface area contributed by atoms with E-state index in [-0.39, 0.29) is 30.4 Å². The Morgan fingerprint density at radius 2 is 2.00 bits per heavy atom. The van der Waals surface area contributed by atoms with Gasteiger partial charge in [-0.15, -0.1) is 0 Å². The van der Waals surface area contributed by atoms with Crippen LogP contribution in [-0.2, 0) is 31.9 Å². The number of aromatic nitrogens is 1. The van der Waals surface area contributed by atoms with Gasteiger partial charge in [-0.25, -0.2) is 4.98 Å². The molecule has 8 heteroatoms. The number of carbonyl (C=O) groups is 2. The van der Waals surface area contributed by atoms with Gasteiger partial charge >= 0.3 is 5.97 Å². The lowest BCUT2D eigenvalue weighted by Gasteiger charge is -2.44. The minimum Gasteiger partial charge on any atom is -0.462 e. The molecule has 3 aliphatic rings. The third-order valence-electron chi connectivity index (χ3n) is 7.06. The molecule has 0 saturated carbocycles. The Hall–Kier alpha value is -2.19. The predicted octanol–water partition coefficient (Wildman–Crippen LogP) is 1.73. The molecule has 1 unspecified atom stereocenters. The minimum atomic E-state index is -0.319. The van der Waals surface area contributed by atoms with Crippen molar-refractivity contribution in [2.75, 3.05) is 58.4 Å². The molecule has 1 atom stereocenters. The highest BCUT2D eigenvalue weighted by atomic mass is 16.6. The normalized spacial score (nSPS) is 20.8. The number of hydrogen-bond donors (Lipinski definition) is 1. The number of amides is 1. The van der Waals surface area contributed by atoms with E-state index in [4.69, 9.17) is 14.5 Å². The molecule has 176 valence electrons. The minimum absolute atomic E-state index is 0.00541. The molecule has 2 saturated heterocycles. The van der Waals surface area contributed by atoms with Crippen molar-refractivity contribution in [1.82, 2.24) is 14.8 Å². The van der Waals surface area contributed by atoms with Crippen LogP contribution in [-0.4, -0.2) is 85.7 Å². The van der Waals surface area contributed by atoms with Gasteiger partial charge in [-0.1, -0.05) is 6.07 Å². The average molecular weight is 445 g/mol. The van der Waals surface area contributed by atoms with E-state index in [1.165, 1.54) is 12.0 Å². The number of methoxy groups -OCH3 is 1. The van der Waals surface area contributed by atoms with Crippen LogP contribution in [0.3, 0.4) is 0 Å². The summed E-state index contributed by atoms with van der Waals surface area (Å²) in [6, 6.07) is 4.08. The third-order valence-corrected chi connectivity index (χ3v) is 7.06. The summed E-state index contributed by atoms with van der Waals surface area (Å²) < 4.78 is 10.1. The molecular formula is C24H36N4O4. The Morgan fingerprint density at radius 3 is 2.75 bits per heavy atom. The van der Waals surface area contributed by atoms with Gasteiger partial charge in [0.25, 0.3) is 0 Å². The fraction of sp³-hybridized carbons (Fsp3) is 0.708. The van der Waals surface area contributed by atoms with Gasteiger partial charge in [0.05, 0.1) is 12.5 Å². The number of likely N-dealkylation sites (tertiary alicyclic amines) is 2. The molecule has 1 aromatic rings. The molecule has 1 N–H and O–H groups in total. The molecule has 0 aromatic carbocycles. The molecule has 0 spiro atoms. The summed E-state index contributed by atoms with van der Waals surface area (Å²) in [7, 11) is 1.58. The van der Waals surface area contributed by atoms with Crippen molar-refractivity contribution >= 4 is 17.7 Å². The fourth-order valence-corrected chi connectivity index (χ4v) is 4.87. The second-order valence-electron chi connectivity index (χ2n) is 9.30. The topological polar surface area (TPSA) is 84.0 Å². The summed E-state index contributed by atoms with van der Waals surface area (Å²) in [5.41, 5.74) is 2.48. The van der Waals surface area contributed by atoms with Crippen LogP contribution in [0.2, 0.25) is 0 Å². The van der Waals surface area contributed by atoms with E-state index in [1.54, 1.807) is 7.11 Å². The smallest absolute Gasteiger partial charge is 0.323 e. The number of ether oxygens (including phenoxy) is 2. The summed E-state index contributed by atoms with van der Waals surface area (Å²) >= 11 is 0. The standard InChI is InChI=1S/C24H36N4O4/c1-17(24(30)32-13-12-31-2)28-15-20(16-28)23(29)27-10-7-18(8-11-27)14-21-6-5-19-4-3-9-25-22(19)26-21/h5-6,17-18,20H,3-4,7-16H2,1-2H3,(H,25,26). The van der Waals surface area contributed by atoms with E-state index in [9.17, 15) is 9.59 Å². The van der Waals surface area contributed by atoms with Crippen molar-refractivity contribution in [1.29, 1.82) is 0 Å². The summed E-state index contributed by atoms with van der Waals surface area (Å²) in [6.45, 7) is 6.41. The molecule has 0 radical (unpaired) electrons. The molecule has 4 rings (SSSR count). The second kappa shape index (κ2) is 10.6. The second-order valence-corrected chi connectivity index (χ2v) is 9.30. The van der Waals surface area contributed by atoms with Crippen LogP contribution in [0, 0.1) is 11.8 Å². The number of rotatable bonds is 8. The lowest BCUT2D eigenvalue weighted by Crippen LogP contribution is -2.59. The first-order chi connectivity index (χ1) is 15.5.